The zero-order chi connectivity index (χ0) is 10.0. The minimum atomic E-state index is 0.351. The first-order valence-electron chi connectivity index (χ1n) is 5.49. The van der Waals surface area contributed by atoms with Gasteiger partial charge >= 0.3 is 0 Å². The molecule has 14 heavy (non-hydrogen) atoms. The molecule has 1 aromatic heterocycles. The smallest absolute Gasteiger partial charge is 0.0141 e. The molecule has 1 nitrogen and oxygen atoms in total. The van der Waals surface area contributed by atoms with E-state index in [0.717, 1.165) is 6.42 Å². The molecule has 1 aliphatic carbocycles. The minimum Gasteiger partial charge on any atom is -0.327 e. The van der Waals surface area contributed by atoms with E-state index in [9.17, 15) is 0 Å². The van der Waals surface area contributed by atoms with Crippen LogP contribution in [-0.2, 0) is 6.42 Å². The van der Waals surface area contributed by atoms with Crippen LogP contribution in [0.15, 0.2) is 17.5 Å². The van der Waals surface area contributed by atoms with Gasteiger partial charge in [0.15, 0.2) is 0 Å². The number of hydrogen-bond donors (Lipinski definition) is 1. The Hall–Kier alpha value is -0.340. The molecule has 0 aromatic carbocycles. The van der Waals surface area contributed by atoms with Crippen molar-refractivity contribution in [2.45, 2.75) is 45.1 Å². The molecule has 0 bridgehead atoms. The maximum atomic E-state index is 6.31. The summed E-state index contributed by atoms with van der Waals surface area (Å²) >= 11 is 1.83. The number of hydrogen-bond acceptors (Lipinski definition) is 2. The molecule has 2 rings (SSSR count). The molecule has 1 aliphatic rings. The summed E-state index contributed by atoms with van der Waals surface area (Å²) < 4.78 is 0. The summed E-state index contributed by atoms with van der Waals surface area (Å²) in [5, 5.41) is 2.14. The Kier molecular flexibility index (Phi) is 2.93. The Labute approximate surface area is 90.3 Å². The Bertz CT molecular complexity index is 273. The average Bonchev–Trinajstić information content (AvgIpc) is 2.76. The Morgan fingerprint density at radius 3 is 2.79 bits per heavy atom. The molecule has 1 saturated carbocycles. The summed E-state index contributed by atoms with van der Waals surface area (Å²) in [4.78, 5) is 1.44. The number of rotatable bonds is 3. The van der Waals surface area contributed by atoms with Crippen molar-refractivity contribution in [1.82, 2.24) is 0 Å². The second-order valence-corrected chi connectivity index (χ2v) is 5.78. The molecule has 0 saturated heterocycles. The van der Waals surface area contributed by atoms with E-state index in [1.165, 1.54) is 30.6 Å². The van der Waals surface area contributed by atoms with Gasteiger partial charge in [-0.15, -0.1) is 11.3 Å². The van der Waals surface area contributed by atoms with Crippen molar-refractivity contribution in [1.29, 1.82) is 0 Å². The third kappa shape index (κ3) is 2.01. The van der Waals surface area contributed by atoms with Crippen LogP contribution in [0.1, 0.15) is 37.5 Å². The molecule has 2 N–H and O–H groups in total. The second kappa shape index (κ2) is 4.03. The second-order valence-electron chi connectivity index (χ2n) is 4.75. The molecular weight excluding hydrogens is 190 g/mol. The summed E-state index contributed by atoms with van der Waals surface area (Å²) in [6, 6.07) is 4.66. The van der Waals surface area contributed by atoms with E-state index in [1.54, 1.807) is 0 Å². The third-order valence-electron chi connectivity index (χ3n) is 3.64. The predicted octanol–water partition coefficient (Wildman–Crippen LogP) is 3.20. The van der Waals surface area contributed by atoms with Gasteiger partial charge in [-0.1, -0.05) is 25.8 Å². The van der Waals surface area contributed by atoms with E-state index < -0.39 is 0 Å². The highest BCUT2D eigenvalue weighted by Gasteiger charge is 2.34. The quantitative estimate of drug-likeness (QED) is 0.813. The van der Waals surface area contributed by atoms with Crippen LogP contribution in [0.3, 0.4) is 0 Å². The van der Waals surface area contributed by atoms with Gasteiger partial charge in [-0.25, -0.2) is 0 Å². The Morgan fingerprint density at radius 2 is 2.21 bits per heavy atom. The summed E-state index contributed by atoms with van der Waals surface area (Å²) in [6.45, 7) is 2.36. The van der Waals surface area contributed by atoms with Crippen molar-refractivity contribution >= 4 is 11.3 Å². The normalized spacial score (nSPS) is 22.4. The predicted molar refractivity (Wildman–Crippen MR) is 62.6 cm³/mol. The van der Waals surface area contributed by atoms with Crippen LogP contribution in [0.5, 0.6) is 0 Å². The fourth-order valence-electron chi connectivity index (χ4n) is 2.45. The van der Waals surface area contributed by atoms with E-state index in [1.807, 2.05) is 11.3 Å². The van der Waals surface area contributed by atoms with Gasteiger partial charge in [0.2, 0.25) is 0 Å². The molecule has 0 spiro atoms. The standard InChI is InChI=1S/C12H19NS/c1-12(6-2-3-7-12)11(13)9-10-5-4-8-14-10/h4-5,8,11H,2-3,6-7,9,13H2,1H3. The first kappa shape index (κ1) is 10.2. The molecule has 1 aromatic rings. The SMILES string of the molecule is CC1(C(N)Cc2cccs2)CCCC1. The molecule has 1 fully saturated rings. The molecule has 0 radical (unpaired) electrons. The van der Waals surface area contributed by atoms with Gasteiger partial charge in [-0.2, -0.15) is 0 Å². The largest absolute Gasteiger partial charge is 0.327 e. The molecule has 1 heterocycles. The molecule has 0 amide bonds. The van der Waals surface area contributed by atoms with Crippen LogP contribution < -0.4 is 5.73 Å². The van der Waals surface area contributed by atoms with Gasteiger partial charge in [0.25, 0.3) is 0 Å². The zero-order valence-electron chi connectivity index (χ0n) is 8.83. The summed E-state index contributed by atoms with van der Waals surface area (Å²) in [5.74, 6) is 0. The first-order valence-corrected chi connectivity index (χ1v) is 6.37. The monoisotopic (exact) mass is 209 g/mol. The van der Waals surface area contributed by atoms with Crippen molar-refractivity contribution in [2.24, 2.45) is 11.1 Å². The fraction of sp³-hybridized carbons (Fsp3) is 0.667. The van der Waals surface area contributed by atoms with Crippen LogP contribution >= 0.6 is 11.3 Å². The van der Waals surface area contributed by atoms with Crippen LogP contribution in [0.4, 0.5) is 0 Å². The third-order valence-corrected chi connectivity index (χ3v) is 4.54. The Balaban J connectivity index is 1.98. The van der Waals surface area contributed by atoms with Gasteiger partial charge in [0.05, 0.1) is 0 Å². The lowest BCUT2D eigenvalue weighted by atomic mass is 9.79. The van der Waals surface area contributed by atoms with E-state index in [4.69, 9.17) is 5.73 Å². The van der Waals surface area contributed by atoms with Crippen LogP contribution in [-0.4, -0.2) is 6.04 Å². The van der Waals surface area contributed by atoms with Gasteiger partial charge in [0, 0.05) is 10.9 Å². The summed E-state index contributed by atoms with van der Waals surface area (Å²) in [5.41, 5.74) is 6.72. The average molecular weight is 209 g/mol. The number of thiophene rings is 1. The lowest BCUT2D eigenvalue weighted by Gasteiger charge is -2.30. The van der Waals surface area contributed by atoms with E-state index >= 15 is 0 Å². The maximum Gasteiger partial charge on any atom is 0.0141 e. The lowest BCUT2D eigenvalue weighted by Crippen LogP contribution is -2.39. The molecule has 1 unspecified atom stereocenters. The highest BCUT2D eigenvalue weighted by molar-refractivity contribution is 7.09. The lowest BCUT2D eigenvalue weighted by molar-refractivity contribution is 0.261. The molecule has 1 atom stereocenters. The maximum absolute atomic E-state index is 6.31. The van der Waals surface area contributed by atoms with Crippen molar-refractivity contribution in [2.75, 3.05) is 0 Å². The molecule has 78 valence electrons. The summed E-state index contributed by atoms with van der Waals surface area (Å²) in [6.07, 6.45) is 6.44. The van der Waals surface area contributed by atoms with Crippen LogP contribution in [0, 0.1) is 5.41 Å². The van der Waals surface area contributed by atoms with Crippen molar-refractivity contribution < 1.29 is 0 Å². The van der Waals surface area contributed by atoms with Gasteiger partial charge in [-0.05, 0) is 36.1 Å². The fourth-order valence-corrected chi connectivity index (χ4v) is 3.21. The van der Waals surface area contributed by atoms with Crippen molar-refractivity contribution in [3.63, 3.8) is 0 Å². The van der Waals surface area contributed by atoms with E-state index in [-0.39, 0.29) is 0 Å². The van der Waals surface area contributed by atoms with Gasteiger partial charge in [-0.3, -0.25) is 0 Å². The van der Waals surface area contributed by atoms with Crippen molar-refractivity contribution in [3.8, 4) is 0 Å². The highest BCUT2D eigenvalue weighted by Crippen LogP contribution is 2.40. The molecule has 0 aliphatic heterocycles. The highest BCUT2D eigenvalue weighted by atomic mass is 32.1. The van der Waals surface area contributed by atoms with E-state index in [2.05, 4.69) is 24.4 Å². The topological polar surface area (TPSA) is 26.0 Å². The zero-order valence-corrected chi connectivity index (χ0v) is 9.65. The molecule has 2 heteroatoms. The van der Waals surface area contributed by atoms with Crippen molar-refractivity contribution in [3.05, 3.63) is 22.4 Å². The minimum absolute atomic E-state index is 0.351. The Morgan fingerprint density at radius 1 is 1.50 bits per heavy atom. The van der Waals surface area contributed by atoms with Crippen LogP contribution in [0.25, 0.3) is 0 Å². The first-order chi connectivity index (χ1) is 6.71. The van der Waals surface area contributed by atoms with Crippen LogP contribution in [0.2, 0.25) is 0 Å². The van der Waals surface area contributed by atoms with Gasteiger partial charge < -0.3 is 5.73 Å². The van der Waals surface area contributed by atoms with Gasteiger partial charge in [0.1, 0.15) is 0 Å². The van der Waals surface area contributed by atoms with E-state index in [0.29, 0.717) is 11.5 Å². The number of nitrogens with two attached hydrogens (primary N) is 1. The molecular formula is C12H19NS. The summed E-state index contributed by atoms with van der Waals surface area (Å²) in [7, 11) is 0.